The van der Waals surface area contributed by atoms with Crippen molar-refractivity contribution in [3.05, 3.63) is 11.6 Å². The maximum Gasteiger partial charge on any atom is 0.155 e. The average Bonchev–Trinajstić information content (AvgIpc) is 3.22. The van der Waals surface area contributed by atoms with Crippen LogP contribution >= 0.6 is 0 Å². The fraction of sp³-hybridized carbons (Fsp3) is 0.818. The lowest BCUT2D eigenvalue weighted by molar-refractivity contribution is -0.117. The molecule has 5 rings (SSSR count). The Balaban J connectivity index is 1.44. The summed E-state index contributed by atoms with van der Waals surface area (Å²) >= 11 is 0. The van der Waals surface area contributed by atoms with Crippen LogP contribution in [0.5, 0.6) is 0 Å². The molecule has 1 unspecified atom stereocenters. The van der Waals surface area contributed by atoms with Gasteiger partial charge in [-0.15, -0.1) is 0 Å². The number of ketones is 1. The van der Waals surface area contributed by atoms with Gasteiger partial charge in [-0.2, -0.15) is 0 Å². The molecule has 5 aliphatic rings. The van der Waals surface area contributed by atoms with Gasteiger partial charge in [0.1, 0.15) is 0 Å². The van der Waals surface area contributed by atoms with Crippen LogP contribution in [-0.4, -0.2) is 24.7 Å². The molecule has 3 saturated carbocycles. The van der Waals surface area contributed by atoms with E-state index in [1.165, 1.54) is 44.1 Å². The highest BCUT2D eigenvalue weighted by Crippen LogP contribution is 2.67. The number of carbonyl (C=O) groups excluding carboxylic acids is 1. The fourth-order valence-electron chi connectivity index (χ4n) is 7.87. The van der Waals surface area contributed by atoms with Crippen LogP contribution in [0.25, 0.3) is 0 Å². The van der Waals surface area contributed by atoms with Crippen molar-refractivity contribution in [2.24, 2.45) is 39.5 Å². The van der Waals surface area contributed by atoms with Crippen LogP contribution in [0.4, 0.5) is 0 Å². The minimum Gasteiger partial charge on any atom is -0.372 e. The Hall–Kier alpha value is -1.12. The summed E-state index contributed by atoms with van der Waals surface area (Å²) in [7, 11) is 0. The van der Waals surface area contributed by atoms with Crippen LogP contribution in [0.2, 0.25) is 0 Å². The molecule has 1 N–H and O–H groups in total. The SMILES string of the molecule is C[C@]12CC[C@H]3[C@@H](CCC4=CC(=O)CC[C@@]43C)[C@@H]1CC[C@@H]2C1CN=CN1. The van der Waals surface area contributed by atoms with Crippen molar-refractivity contribution in [3.63, 3.8) is 0 Å². The number of hydrogen-bond donors (Lipinski definition) is 1. The third-order valence-electron chi connectivity index (χ3n) is 9.20. The minimum atomic E-state index is 0.310. The van der Waals surface area contributed by atoms with Crippen LogP contribution in [-0.2, 0) is 4.79 Å². The lowest BCUT2D eigenvalue weighted by Crippen LogP contribution is -2.52. The summed E-state index contributed by atoms with van der Waals surface area (Å²) in [5, 5.41) is 3.55. The summed E-state index contributed by atoms with van der Waals surface area (Å²) in [5.74, 6) is 3.74. The van der Waals surface area contributed by atoms with Crippen molar-refractivity contribution in [2.45, 2.75) is 71.3 Å². The molecular weight excluding hydrogens is 308 g/mol. The highest BCUT2D eigenvalue weighted by atomic mass is 16.1. The lowest BCUT2D eigenvalue weighted by Gasteiger charge is -2.58. The molecule has 0 radical (unpaired) electrons. The summed E-state index contributed by atoms with van der Waals surface area (Å²) in [6.45, 7) is 6.07. The lowest BCUT2D eigenvalue weighted by atomic mass is 9.46. The van der Waals surface area contributed by atoms with Gasteiger partial charge in [0.25, 0.3) is 0 Å². The molecule has 0 bridgehead atoms. The average molecular weight is 341 g/mol. The molecule has 0 aromatic rings. The quantitative estimate of drug-likeness (QED) is 0.779. The van der Waals surface area contributed by atoms with Gasteiger partial charge in [0.15, 0.2) is 5.78 Å². The fourth-order valence-corrected chi connectivity index (χ4v) is 7.87. The van der Waals surface area contributed by atoms with E-state index in [2.05, 4.69) is 24.2 Å². The first kappa shape index (κ1) is 16.1. The van der Waals surface area contributed by atoms with Gasteiger partial charge in [-0.1, -0.05) is 19.4 Å². The molecule has 0 saturated heterocycles. The predicted octanol–water partition coefficient (Wildman–Crippen LogP) is 4.13. The second-order valence-corrected chi connectivity index (χ2v) is 9.96. The van der Waals surface area contributed by atoms with E-state index in [1.54, 1.807) is 0 Å². The summed E-state index contributed by atoms with van der Waals surface area (Å²) in [6, 6.07) is 0.577. The molecular formula is C22H32N2O. The zero-order valence-electron chi connectivity index (χ0n) is 15.8. The van der Waals surface area contributed by atoms with Gasteiger partial charge < -0.3 is 5.32 Å². The van der Waals surface area contributed by atoms with E-state index in [1.807, 2.05) is 12.4 Å². The number of carbonyl (C=O) groups is 1. The molecule has 136 valence electrons. The van der Waals surface area contributed by atoms with Gasteiger partial charge in [0, 0.05) is 12.5 Å². The van der Waals surface area contributed by atoms with Crippen molar-refractivity contribution < 1.29 is 4.79 Å². The second kappa shape index (κ2) is 5.44. The molecule has 1 heterocycles. The molecule has 0 aromatic carbocycles. The summed E-state index contributed by atoms with van der Waals surface area (Å²) in [6.07, 6.45) is 13.9. The first-order chi connectivity index (χ1) is 12.0. The number of rotatable bonds is 1. The third-order valence-corrected chi connectivity index (χ3v) is 9.20. The molecule has 7 atom stereocenters. The normalized spacial score (nSPS) is 51.4. The van der Waals surface area contributed by atoms with Crippen LogP contribution in [0.3, 0.4) is 0 Å². The van der Waals surface area contributed by atoms with Gasteiger partial charge in [-0.05, 0) is 85.5 Å². The van der Waals surface area contributed by atoms with Crippen molar-refractivity contribution >= 4 is 12.1 Å². The van der Waals surface area contributed by atoms with Crippen LogP contribution in [0, 0.1) is 34.5 Å². The van der Waals surface area contributed by atoms with E-state index in [0.717, 1.165) is 43.1 Å². The highest BCUT2D eigenvalue weighted by Gasteiger charge is 2.59. The maximum atomic E-state index is 11.9. The van der Waals surface area contributed by atoms with Crippen LogP contribution in [0.1, 0.15) is 65.2 Å². The van der Waals surface area contributed by atoms with Gasteiger partial charge in [-0.3, -0.25) is 9.79 Å². The summed E-state index contributed by atoms with van der Waals surface area (Å²) in [4.78, 5) is 16.4. The molecule has 0 spiro atoms. The zero-order valence-corrected chi connectivity index (χ0v) is 15.8. The van der Waals surface area contributed by atoms with Crippen molar-refractivity contribution in [2.75, 3.05) is 6.54 Å². The number of nitrogens with zero attached hydrogens (tertiary/aromatic N) is 1. The molecule has 25 heavy (non-hydrogen) atoms. The van der Waals surface area contributed by atoms with E-state index in [-0.39, 0.29) is 0 Å². The Kier molecular flexibility index (Phi) is 3.50. The molecule has 0 amide bonds. The van der Waals surface area contributed by atoms with Crippen LogP contribution < -0.4 is 5.32 Å². The number of hydrogen-bond acceptors (Lipinski definition) is 3. The first-order valence-corrected chi connectivity index (χ1v) is 10.5. The number of fused-ring (bicyclic) bond motifs is 5. The van der Waals surface area contributed by atoms with Crippen molar-refractivity contribution in [3.8, 4) is 0 Å². The number of aliphatic imine (C=N–C) groups is 1. The van der Waals surface area contributed by atoms with Gasteiger partial charge >= 0.3 is 0 Å². The van der Waals surface area contributed by atoms with Gasteiger partial charge in [0.05, 0.1) is 12.9 Å². The highest BCUT2D eigenvalue weighted by molar-refractivity contribution is 5.91. The molecule has 3 fully saturated rings. The Bertz CT molecular complexity index is 644. The van der Waals surface area contributed by atoms with Crippen molar-refractivity contribution in [1.29, 1.82) is 0 Å². The molecule has 4 aliphatic carbocycles. The van der Waals surface area contributed by atoms with E-state index in [4.69, 9.17) is 0 Å². The molecule has 3 heteroatoms. The third kappa shape index (κ3) is 2.16. The summed E-state index contributed by atoms with van der Waals surface area (Å²) < 4.78 is 0. The van der Waals surface area contributed by atoms with Crippen molar-refractivity contribution in [1.82, 2.24) is 5.32 Å². The number of allylic oxidation sites excluding steroid dienone is 1. The van der Waals surface area contributed by atoms with Gasteiger partial charge in [-0.25, -0.2) is 0 Å². The zero-order chi connectivity index (χ0) is 17.2. The standard InChI is InChI=1S/C22H32N2O/c1-21-9-7-15(25)11-14(21)3-4-16-17-5-6-19(20-12-23-13-24-20)22(17,2)10-8-18(16)21/h11,13,16-20H,3-10,12H2,1-2H3,(H,23,24)/t16-,17-,18-,19+,20?,21-,22-/m0/s1. The first-order valence-electron chi connectivity index (χ1n) is 10.5. The van der Waals surface area contributed by atoms with E-state index in [0.29, 0.717) is 22.7 Å². The maximum absolute atomic E-state index is 11.9. The molecule has 0 aromatic heterocycles. The van der Waals surface area contributed by atoms with Gasteiger partial charge in [0.2, 0.25) is 0 Å². The topological polar surface area (TPSA) is 41.5 Å². The van der Waals surface area contributed by atoms with E-state index >= 15 is 0 Å². The Morgan fingerprint density at radius 2 is 1.88 bits per heavy atom. The second-order valence-electron chi connectivity index (χ2n) is 9.96. The minimum absolute atomic E-state index is 0.310. The van der Waals surface area contributed by atoms with E-state index < -0.39 is 0 Å². The monoisotopic (exact) mass is 340 g/mol. The largest absolute Gasteiger partial charge is 0.372 e. The smallest absolute Gasteiger partial charge is 0.155 e. The Morgan fingerprint density at radius 1 is 1.04 bits per heavy atom. The molecule has 1 aliphatic heterocycles. The summed E-state index contributed by atoms with van der Waals surface area (Å²) in [5.41, 5.74) is 2.30. The van der Waals surface area contributed by atoms with E-state index in [9.17, 15) is 4.79 Å². The van der Waals surface area contributed by atoms with Crippen LogP contribution in [0.15, 0.2) is 16.6 Å². The molecule has 3 nitrogen and oxygen atoms in total. The predicted molar refractivity (Wildman–Crippen MR) is 100 cm³/mol. The Labute approximate surface area is 151 Å². The number of nitrogens with one attached hydrogen (secondary N) is 1. The Morgan fingerprint density at radius 3 is 2.68 bits per heavy atom.